The van der Waals surface area contributed by atoms with Crippen molar-refractivity contribution in [2.24, 2.45) is 5.92 Å². The zero-order chi connectivity index (χ0) is 12.7. The van der Waals surface area contributed by atoms with Gasteiger partial charge in [-0.05, 0) is 45.6 Å². The van der Waals surface area contributed by atoms with Gasteiger partial charge in [0.25, 0.3) is 0 Å². The molecular weight excluding hydrogens is 210 g/mol. The first-order valence-electron chi connectivity index (χ1n) is 7.18. The van der Waals surface area contributed by atoms with Gasteiger partial charge in [-0.15, -0.1) is 0 Å². The smallest absolute Gasteiger partial charge is 0.0789 e. The summed E-state index contributed by atoms with van der Waals surface area (Å²) in [5, 5.41) is 3.47. The van der Waals surface area contributed by atoms with Crippen LogP contribution >= 0.6 is 0 Å². The van der Waals surface area contributed by atoms with Crippen LogP contribution in [0, 0.1) is 5.92 Å². The Morgan fingerprint density at radius 2 is 2.06 bits per heavy atom. The maximum Gasteiger partial charge on any atom is 0.0789 e. The molecule has 0 spiro atoms. The Morgan fingerprint density at radius 3 is 2.65 bits per heavy atom. The van der Waals surface area contributed by atoms with Crippen molar-refractivity contribution in [3.05, 3.63) is 11.6 Å². The highest BCUT2D eigenvalue weighted by Crippen LogP contribution is 2.25. The minimum Gasteiger partial charge on any atom is -0.376 e. The van der Waals surface area contributed by atoms with Crippen LogP contribution in [0.2, 0.25) is 0 Å². The van der Waals surface area contributed by atoms with E-state index in [2.05, 4.69) is 39.2 Å². The van der Waals surface area contributed by atoms with Crippen molar-refractivity contribution in [3.8, 4) is 0 Å². The molecule has 2 nitrogen and oxygen atoms in total. The van der Waals surface area contributed by atoms with Gasteiger partial charge in [-0.2, -0.15) is 0 Å². The van der Waals surface area contributed by atoms with Crippen molar-refractivity contribution in [1.29, 1.82) is 0 Å². The van der Waals surface area contributed by atoms with Gasteiger partial charge in [-0.3, -0.25) is 0 Å². The van der Waals surface area contributed by atoms with Crippen LogP contribution in [0.3, 0.4) is 0 Å². The minimum atomic E-state index is 0.300. The second-order valence-electron chi connectivity index (χ2n) is 5.31. The summed E-state index contributed by atoms with van der Waals surface area (Å²) in [6.45, 7) is 7.39. The second-order valence-corrected chi connectivity index (χ2v) is 5.31. The van der Waals surface area contributed by atoms with E-state index >= 15 is 0 Å². The predicted molar refractivity (Wildman–Crippen MR) is 74.3 cm³/mol. The van der Waals surface area contributed by atoms with Crippen molar-refractivity contribution in [2.45, 2.75) is 65.0 Å². The third-order valence-corrected chi connectivity index (χ3v) is 3.63. The lowest BCUT2D eigenvalue weighted by atomic mass is 9.91. The van der Waals surface area contributed by atoms with Gasteiger partial charge in [0.05, 0.1) is 12.1 Å². The first kappa shape index (κ1) is 14.7. The van der Waals surface area contributed by atoms with Crippen LogP contribution < -0.4 is 5.32 Å². The molecule has 1 aliphatic rings. The van der Waals surface area contributed by atoms with Crippen molar-refractivity contribution in [3.63, 3.8) is 0 Å². The summed E-state index contributed by atoms with van der Waals surface area (Å²) in [5.41, 5.74) is 1.57. The van der Waals surface area contributed by atoms with Gasteiger partial charge in [0.2, 0.25) is 0 Å². The molecule has 0 fully saturated rings. The fourth-order valence-electron chi connectivity index (χ4n) is 2.75. The molecule has 0 aromatic heterocycles. The molecule has 1 aliphatic carbocycles. The van der Waals surface area contributed by atoms with Gasteiger partial charge in [0.15, 0.2) is 0 Å². The van der Waals surface area contributed by atoms with E-state index in [4.69, 9.17) is 4.74 Å². The van der Waals surface area contributed by atoms with Crippen LogP contribution in [-0.4, -0.2) is 25.8 Å². The van der Waals surface area contributed by atoms with Crippen LogP contribution in [-0.2, 0) is 4.74 Å². The number of allylic oxidation sites excluding steroid dienone is 1. The predicted octanol–water partition coefficient (Wildman–Crippen LogP) is 3.53. The molecule has 1 rings (SSSR count). The molecule has 0 radical (unpaired) electrons. The molecule has 2 unspecified atom stereocenters. The summed E-state index contributed by atoms with van der Waals surface area (Å²) < 4.78 is 5.95. The lowest BCUT2D eigenvalue weighted by Crippen LogP contribution is -2.44. The van der Waals surface area contributed by atoms with E-state index in [9.17, 15) is 0 Å². The van der Waals surface area contributed by atoms with Gasteiger partial charge in [-0.25, -0.2) is 0 Å². The lowest BCUT2D eigenvalue weighted by Gasteiger charge is -2.31. The SMILES string of the molecule is CCOC(C(C)C)C(NC)C1=CCCCCC1. The maximum absolute atomic E-state index is 5.95. The van der Waals surface area contributed by atoms with E-state index in [1.165, 1.54) is 32.1 Å². The fourth-order valence-corrected chi connectivity index (χ4v) is 2.75. The van der Waals surface area contributed by atoms with Gasteiger partial charge in [0, 0.05) is 6.61 Å². The van der Waals surface area contributed by atoms with Crippen LogP contribution in [0.4, 0.5) is 0 Å². The molecule has 2 heteroatoms. The molecule has 0 bridgehead atoms. The van der Waals surface area contributed by atoms with Crippen LogP contribution in [0.25, 0.3) is 0 Å². The number of nitrogens with one attached hydrogen (secondary N) is 1. The summed E-state index contributed by atoms with van der Waals surface area (Å²) in [7, 11) is 2.06. The Morgan fingerprint density at radius 1 is 1.29 bits per heavy atom. The summed E-state index contributed by atoms with van der Waals surface area (Å²) in [6, 6.07) is 0.396. The van der Waals surface area contributed by atoms with Crippen LogP contribution in [0.15, 0.2) is 11.6 Å². The first-order chi connectivity index (χ1) is 8.20. The van der Waals surface area contributed by atoms with Crippen molar-refractivity contribution in [2.75, 3.05) is 13.7 Å². The van der Waals surface area contributed by atoms with Crippen molar-refractivity contribution in [1.82, 2.24) is 5.32 Å². The van der Waals surface area contributed by atoms with Crippen molar-refractivity contribution < 1.29 is 4.74 Å². The van der Waals surface area contributed by atoms with Crippen LogP contribution in [0.5, 0.6) is 0 Å². The molecule has 0 amide bonds. The average molecular weight is 239 g/mol. The monoisotopic (exact) mass is 239 g/mol. The first-order valence-corrected chi connectivity index (χ1v) is 7.18. The molecule has 100 valence electrons. The molecule has 0 aromatic carbocycles. The summed E-state index contributed by atoms with van der Waals surface area (Å²) >= 11 is 0. The highest BCUT2D eigenvalue weighted by atomic mass is 16.5. The maximum atomic E-state index is 5.95. The Kier molecular flexibility index (Phi) is 6.83. The molecule has 1 N–H and O–H groups in total. The van der Waals surface area contributed by atoms with E-state index in [0.29, 0.717) is 18.1 Å². The number of hydrogen-bond donors (Lipinski definition) is 1. The van der Waals surface area contributed by atoms with E-state index in [0.717, 1.165) is 6.61 Å². The Balaban J connectivity index is 2.75. The largest absolute Gasteiger partial charge is 0.376 e. The Labute approximate surface area is 107 Å². The topological polar surface area (TPSA) is 21.3 Å². The second kappa shape index (κ2) is 7.88. The summed E-state index contributed by atoms with van der Waals surface area (Å²) in [4.78, 5) is 0. The van der Waals surface area contributed by atoms with Gasteiger partial charge in [-0.1, -0.05) is 31.9 Å². The van der Waals surface area contributed by atoms with E-state index < -0.39 is 0 Å². The molecule has 0 aromatic rings. The highest BCUT2D eigenvalue weighted by molar-refractivity contribution is 5.14. The zero-order valence-corrected chi connectivity index (χ0v) is 12.0. The van der Waals surface area contributed by atoms with Crippen LogP contribution in [0.1, 0.15) is 52.9 Å². The third kappa shape index (κ3) is 4.44. The molecule has 2 atom stereocenters. The number of hydrogen-bond acceptors (Lipinski definition) is 2. The third-order valence-electron chi connectivity index (χ3n) is 3.63. The van der Waals surface area contributed by atoms with Crippen molar-refractivity contribution >= 4 is 0 Å². The number of rotatable bonds is 6. The normalized spacial score (nSPS) is 20.9. The molecule has 0 saturated carbocycles. The summed E-state index contributed by atoms with van der Waals surface area (Å²) in [6.07, 6.45) is 9.28. The molecule has 17 heavy (non-hydrogen) atoms. The Hall–Kier alpha value is -0.340. The minimum absolute atomic E-state index is 0.300. The molecule has 0 heterocycles. The number of ether oxygens (including phenoxy) is 1. The lowest BCUT2D eigenvalue weighted by molar-refractivity contribution is 0.0129. The van der Waals surface area contributed by atoms with Gasteiger partial charge < -0.3 is 10.1 Å². The van der Waals surface area contributed by atoms with Gasteiger partial charge in [0.1, 0.15) is 0 Å². The molecule has 0 saturated heterocycles. The Bertz CT molecular complexity index is 235. The summed E-state index contributed by atoms with van der Waals surface area (Å²) in [5.74, 6) is 0.552. The van der Waals surface area contributed by atoms with E-state index in [-0.39, 0.29) is 0 Å². The van der Waals surface area contributed by atoms with E-state index in [1.54, 1.807) is 5.57 Å². The fraction of sp³-hybridized carbons (Fsp3) is 0.867. The number of likely N-dealkylation sites (N-methyl/N-ethyl adjacent to an activating group) is 1. The van der Waals surface area contributed by atoms with Gasteiger partial charge >= 0.3 is 0 Å². The van der Waals surface area contributed by atoms with E-state index in [1.807, 2.05) is 0 Å². The molecular formula is C15H29NO. The standard InChI is InChI=1S/C15H29NO/c1-5-17-15(12(2)3)14(16-4)13-10-8-6-7-9-11-13/h10,12,14-16H,5-9,11H2,1-4H3. The molecule has 0 aliphatic heterocycles. The average Bonchev–Trinajstić information content (AvgIpc) is 2.57. The highest BCUT2D eigenvalue weighted by Gasteiger charge is 2.26. The zero-order valence-electron chi connectivity index (χ0n) is 12.0. The quantitative estimate of drug-likeness (QED) is 0.716.